The Hall–Kier alpha value is -2.34. The number of hydrogen-bond donors (Lipinski definition) is 2. The normalized spacial score (nSPS) is 22.6. The SMILES string of the molecule is CN1CCc2nc(C(=O)N[C@@H]3C[C@@H](C(=O)N(C)C)CC[C@@H]3NC(=O)/C(F)=C\c3ccc(Cl)s3)sc2C1. The Bertz CT molecular complexity index is 1180. The fourth-order valence-electron chi connectivity index (χ4n) is 4.58. The average molecular weight is 554 g/mol. The number of nitrogens with one attached hydrogen (secondary N) is 2. The number of carbonyl (C=O) groups is 3. The van der Waals surface area contributed by atoms with Gasteiger partial charge in [-0.05, 0) is 44.5 Å². The molecule has 4 rings (SSSR count). The predicted molar refractivity (Wildman–Crippen MR) is 140 cm³/mol. The summed E-state index contributed by atoms with van der Waals surface area (Å²) in [5.74, 6) is -2.49. The van der Waals surface area contributed by atoms with Crippen molar-refractivity contribution in [1.29, 1.82) is 0 Å². The fraction of sp³-hybridized carbons (Fsp3) is 0.500. The lowest BCUT2D eigenvalue weighted by atomic mass is 9.81. The van der Waals surface area contributed by atoms with Gasteiger partial charge < -0.3 is 20.4 Å². The summed E-state index contributed by atoms with van der Waals surface area (Å²) < 4.78 is 15.1. The highest BCUT2D eigenvalue weighted by Crippen LogP contribution is 2.29. The first-order valence-electron chi connectivity index (χ1n) is 11.7. The number of likely N-dealkylation sites (N-methyl/N-ethyl adjacent to an activating group) is 1. The molecule has 194 valence electrons. The van der Waals surface area contributed by atoms with Crippen molar-refractivity contribution in [2.45, 2.75) is 44.3 Å². The van der Waals surface area contributed by atoms with Gasteiger partial charge in [-0.3, -0.25) is 14.4 Å². The van der Waals surface area contributed by atoms with E-state index in [1.807, 2.05) is 7.05 Å². The van der Waals surface area contributed by atoms with Crippen LogP contribution in [0.25, 0.3) is 6.08 Å². The van der Waals surface area contributed by atoms with E-state index in [-0.39, 0.29) is 17.7 Å². The molecule has 0 radical (unpaired) electrons. The molecule has 0 bridgehead atoms. The van der Waals surface area contributed by atoms with Gasteiger partial charge in [0.25, 0.3) is 11.8 Å². The molecule has 12 heteroatoms. The highest BCUT2D eigenvalue weighted by atomic mass is 35.5. The number of aromatic nitrogens is 1. The zero-order chi connectivity index (χ0) is 26.0. The van der Waals surface area contributed by atoms with Crippen LogP contribution in [0.2, 0.25) is 4.34 Å². The third-order valence-corrected chi connectivity index (χ3v) is 8.73. The second-order valence-corrected chi connectivity index (χ2v) is 12.2. The third-order valence-electron chi connectivity index (χ3n) is 6.47. The van der Waals surface area contributed by atoms with E-state index in [1.165, 1.54) is 16.2 Å². The largest absolute Gasteiger partial charge is 0.349 e. The number of hydrogen-bond acceptors (Lipinski definition) is 7. The van der Waals surface area contributed by atoms with Crippen LogP contribution in [0, 0.1) is 5.92 Å². The summed E-state index contributed by atoms with van der Waals surface area (Å²) in [6, 6.07) is 2.19. The molecule has 1 aliphatic carbocycles. The van der Waals surface area contributed by atoms with Crippen LogP contribution < -0.4 is 10.6 Å². The molecule has 2 aliphatic rings. The van der Waals surface area contributed by atoms with Crippen molar-refractivity contribution in [1.82, 2.24) is 25.4 Å². The Balaban J connectivity index is 1.49. The highest BCUT2D eigenvalue weighted by Gasteiger charge is 2.37. The molecule has 0 spiro atoms. The van der Waals surface area contributed by atoms with Gasteiger partial charge in [-0.25, -0.2) is 9.37 Å². The maximum absolute atomic E-state index is 14.6. The van der Waals surface area contributed by atoms with E-state index in [1.54, 1.807) is 26.2 Å². The fourth-order valence-corrected chi connectivity index (χ4v) is 6.66. The smallest absolute Gasteiger partial charge is 0.280 e. The summed E-state index contributed by atoms with van der Waals surface area (Å²) in [4.78, 5) is 48.3. The number of halogens is 2. The van der Waals surface area contributed by atoms with Crippen LogP contribution in [-0.4, -0.2) is 72.3 Å². The Morgan fingerprint density at radius 3 is 2.67 bits per heavy atom. The number of nitrogens with zero attached hydrogens (tertiary/aromatic N) is 3. The van der Waals surface area contributed by atoms with E-state index in [4.69, 9.17) is 11.6 Å². The van der Waals surface area contributed by atoms with Crippen molar-refractivity contribution in [3.63, 3.8) is 0 Å². The summed E-state index contributed by atoms with van der Waals surface area (Å²) in [7, 11) is 5.41. The summed E-state index contributed by atoms with van der Waals surface area (Å²) >= 11 is 8.42. The van der Waals surface area contributed by atoms with Crippen LogP contribution in [0.3, 0.4) is 0 Å². The second-order valence-electron chi connectivity index (χ2n) is 9.41. The molecule has 1 aliphatic heterocycles. The lowest BCUT2D eigenvalue weighted by Gasteiger charge is -2.37. The minimum Gasteiger partial charge on any atom is -0.349 e. The number of carbonyl (C=O) groups excluding carboxylic acids is 3. The van der Waals surface area contributed by atoms with Crippen LogP contribution in [0.15, 0.2) is 18.0 Å². The van der Waals surface area contributed by atoms with E-state index >= 15 is 0 Å². The van der Waals surface area contributed by atoms with E-state index in [9.17, 15) is 18.8 Å². The van der Waals surface area contributed by atoms with Gasteiger partial charge in [-0.2, -0.15) is 0 Å². The first kappa shape index (κ1) is 26.7. The monoisotopic (exact) mass is 553 g/mol. The van der Waals surface area contributed by atoms with Gasteiger partial charge in [-0.15, -0.1) is 22.7 Å². The summed E-state index contributed by atoms with van der Waals surface area (Å²) in [6.07, 6.45) is 3.22. The molecule has 3 atom stereocenters. The molecular weight excluding hydrogens is 525 g/mol. The molecule has 0 saturated heterocycles. The molecule has 2 aromatic rings. The molecule has 3 heterocycles. The Labute approximate surface area is 222 Å². The number of thiazole rings is 1. The van der Waals surface area contributed by atoms with Crippen LogP contribution >= 0.6 is 34.3 Å². The molecule has 8 nitrogen and oxygen atoms in total. The van der Waals surface area contributed by atoms with Gasteiger partial charge >= 0.3 is 0 Å². The topological polar surface area (TPSA) is 94.6 Å². The summed E-state index contributed by atoms with van der Waals surface area (Å²) in [6.45, 7) is 1.64. The predicted octanol–water partition coefficient (Wildman–Crippen LogP) is 3.33. The lowest BCUT2D eigenvalue weighted by Crippen LogP contribution is -2.56. The van der Waals surface area contributed by atoms with Crippen LogP contribution in [0.1, 0.15) is 44.5 Å². The number of rotatable bonds is 6. The minimum absolute atomic E-state index is 0.0348. The summed E-state index contributed by atoms with van der Waals surface area (Å²) in [5, 5.41) is 6.06. The highest BCUT2D eigenvalue weighted by molar-refractivity contribution is 7.17. The first-order chi connectivity index (χ1) is 17.1. The Morgan fingerprint density at radius 2 is 1.97 bits per heavy atom. The molecular formula is C24H29ClFN5O3S2. The van der Waals surface area contributed by atoms with Crippen LogP contribution in [0.5, 0.6) is 0 Å². The van der Waals surface area contributed by atoms with Gasteiger partial charge in [0.15, 0.2) is 10.8 Å². The number of amides is 3. The standard InChI is InChI=1S/C24H29ClFN5O3S2/c1-30(2)24(34)13-4-6-16(27-21(32)15(26)11-14-5-7-20(25)35-14)18(10-13)28-22(33)23-29-17-8-9-31(3)12-19(17)36-23/h5,7,11,13,16,18H,4,6,8-10,12H2,1-3H3,(H,27,32)(H,28,33)/b15-11+/t13-,16-,18+/m0/s1. The van der Waals surface area contributed by atoms with Crippen molar-refractivity contribution in [2.24, 2.45) is 5.92 Å². The van der Waals surface area contributed by atoms with Crippen molar-refractivity contribution in [2.75, 3.05) is 27.7 Å². The van der Waals surface area contributed by atoms with Gasteiger partial charge in [0, 0.05) is 55.3 Å². The minimum atomic E-state index is -0.943. The van der Waals surface area contributed by atoms with Gasteiger partial charge in [-0.1, -0.05) is 11.6 Å². The van der Waals surface area contributed by atoms with Crippen molar-refractivity contribution in [3.05, 3.63) is 42.8 Å². The Morgan fingerprint density at radius 1 is 1.19 bits per heavy atom. The van der Waals surface area contributed by atoms with Crippen molar-refractivity contribution < 1.29 is 18.8 Å². The Kier molecular flexibility index (Phi) is 8.44. The van der Waals surface area contributed by atoms with E-state index in [0.717, 1.165) is 47.5 Å². The van der Waals surface area contributed by atoms with Crippen LogP contribution in [-0.2, 0) is 22.6 Å². The molecule has 3 amide bonds. The molecule has 0 unspecified atom stereocenters. The molecule has 36 heavy (non-hydrogen) atoms. The number of fused-ring (bicyclic) bond motifs is 1. The molecule has 2 N–H and O–H groups in total. The maximum atomic E-state index is 14.6. The zero-order valence-electron chi connectivity index (χ0n) is 20.3. The molecule has 0 aromatic carbocycles. The van der Waals surface area contributed by atoms with Gasteiger partial charge in [0.1, 0.15) is 0 Å². The van der Waals surface area contributed by atoms with E-state index < -0.39 is 23.8 Å². The zero-order valence-corrected chi connectivity index (χ0v) is 22.7. The van der Waals surface area contributed by atoms with Crippen molar-refractivity contribution in [3.8, 4) is 0 Å². The number of thiophene rings is 1. The maximum Gasteiger partial charge on any atom is 0.280 e. The molecule has 1 saturated carbocycles. The lowest BCUT2D eigenvalue weighted by molar-refractivity contribution is -0.134. The van der Waals surface area contributed by atoms with Crippen molar-refractivity contribution >= 4 is 58.1 Å². The third kappa shape index (κ3) is 6.31. The molecule has 1 fully saturated rings. The summed E-state index contributed by atoms with van der Waals surface area (Å²) in [5.41, 5.74) is 0.943. The van der Waals surface area contributed by atoms with E-state index in [2.05, 4.69) is 20.5 Å². The molecule has 2 aromatic heterocycles. The van der Waals surface area contributed by atoms with Crippen LogP contribution in [0.4, 0.5) is 4.39 Å². The van der Waals surface area contributed by atoms with Gasteiger partial charge in [0.2, 0.25) is 5.91 Å². The first-order valence-corrected chi connectivity index (χ1v) is 13.7. The average Bonchev–Trinajstić information content (AvgIpc) is 3.44. The van der Waals surface area contributed by atoms with Gasteiger partial charge in [0.05, 0.1) is 16.1 Å². The van der Waals surface area contributed by atoms with E-state index in [0.29, 0.717) is 33.5 Å². The quantitative estimate of drug-likeness (QED) is 0.535. The second kappa shape index (κ2) is 11.4.